The first-order chi connectivity index (χ1) is 15.9. The highest BCUT2D eigenvalue weighted by Crippen LogP contribution is 2.25. The molecule has 1 heterocycles. The maximum Gasteiger partial charge on any atom is 0.262 e. The monoisotopic (exact) mass is 467 g/mol. The average Bonchev–Trinajstić information content (AvgIpc) is 3.18. The summed E-state index contributed by atoms with van der Waals surface area (Å²) in [5.74, 6) is -1.12. The molecule has 4 rings (SSSR count). The van der Waals surface area contributed by atoms with Crippen molar-refractivity contribution in [2.45, 2.75) is 20.1 Å². The molecule has 1 aromatic heterocycles. The van der Waals surface area contributed by atoms with Crippen LogP contribution in [0, 0.1) is 18.6 Å². The third-order valence-corrected chi connectivity index (χ3v) is 5.40. The maximum atomic E-state index is 13.6. The second kappa shape index (κ2) is 9.83. The molecule has 0 saturated heterocycles. The van der Waals surface area contributed by atoms with Gasteiger partial charge in [-0.25, -0.2) is 8.78 Å². The standard InChI is InChI=1S/C25H20ClF2N3O2/c1-16-22(26)9-4-10-23(16)29-24(32)21-14-31(13-17-5-2-7-19(27)11-17)30-25(21)33-15-18-6-3-8-20(28)12-18/h2-12,14H,13,15H2,1H3,(H,29,32). The van der Waals surface area contributed by atoms with Crippen LogP contribution in [-0.4, -0.2) is 15.7 Å². The molecular weight excluding hydrogens is 448 g/mol. The number of hydrogen-bond donors (Lipinski definition) is 1. The van der Waals surface area contributed by atoms with Gasteiger partial charge in [-0.15, -0.1) is 5.10 Å². The third kappa shape index (κ3) is 5.56. The van der Waals surface area contributed by atoms with Crippen molar-refractivity contribution in [3.63, 3.8) is 0 Å². The van der Waals surface area contributed by atoms with Crippen molar-refractivity contribution >= 4 is 23.2 Å². The zero-order valence-corrected chi connectivity index (χ0v) is 18.4. The minimum atomic E-state index is -0.444. The first kappa shape index (κ1) is 22.5. The van der Waals surface area contributed by atoms with Crippen LogP contribution in [0.15, 0.2) is 72.9 Å². The van der Waals surface area contributed by atoms with Crippen LogP contribution in [-0.2, 0) is 13.2 Å². The lowest BCUT2D eigenvalue weighted by Gasteiger charge is -2.10. The molecule has 168 valence electrons. The summed E-state index contributed by atoms with van der Waals surface area (Å²) in [6, 6.07) is 17.3. The lowest BCUT2D eigenvalue weighted by atomic mass is 10.2. The fraction of sp³-hybridized carbons (Fsp3) is 0.120. The Balaban J connectivity index is 1.61. The van der Waals surface area contributed by atoms with Crippen molar-refractivity contribution in [2.75, 3.05) is 5.32 Å². The lowest BCUT2D eigenvalue weighted by Crippen LogP contribution is -2.13. The van der Waals surface area contributed by atoms with E-state index in [4.69, 9.17) is 16.3 Å². The number of nitrogens with one attached hydrogen (secondary N) is 1. The van der Waals surface area contributed by atoms with E-state index in [0.29, 0.717) is 21.8 Å². The molecule has 0 fully saturated rings. The van der Waals surface area contributed by atoms with E-state index in [2.05, 4.69) is 10.4 Å². The summed E-state index contributed by atoms with van der Waals surface area (Å²) in [7, 11) is 0. The predicted molar refractivity (Wildman–Crippen MR) is 123 cm³/mol. The van der Waals surface area contributed by atoms with E-state index >= 15 is 0 Å². The second-order valence-electron chi connectivity index (χ2n) is 7.46. The van der Waals surface area contributed by atoms with Crippen molar-refractivity contribution in [1.82, 2.24) is 9.78 Å². The van der Waals surface area contributed by atoms with Gasteiger partial charge in [-0.2, -0.15) is 0 Å². The molecule has 0 aliphatic heterocycles. The van der Waals surface area contributed by atoms with Crippen molar-refractivity contribution in [2.24, 2.45) is 0 Å². The maximum absolute atomic E-state index is 13.6. The number of hydrogen-bond acceptors (Lipinski definition) is 3. The Morgan fingerprint density at radius 1 is 1.03 bits per heavy atom. The third-order valence-electron chi connectivity index (χ3n) is 4.99. The number of benzene rings is 3. The molecule has 0 aliphatic carbocycles. The molecule has 0 radical (unpaired) electrons. The highest BCUT2D eigenvalue weighted by molar-refractivity contribution is 6.31. The molecule has 0 atom stereocenters. The molecule has 3 aromatic carbocycles. The van der Waals surface area contributed by atoms with E-state index in [1.165, 1.54) is 35.1 Å². The van der Waals surface area contributed by atoms with Gasteiger partial charge in [0.1, 0.15) is 23.8 Å². The number of aromatic nitrogens is 2. The summed E-state index contributed by atoms with van der Waals surface area (Å²) >= 11 is 6.16. The Hall–Kier alpha value is -3.71. The Kier molecular flexibility index (Phi) is 6.70. The summed E-state index contributed by atoms with van der Waals surface area (Å²) in [6.07, 6.45) is 1.53. The van der Waals surface area contributed by atoms with Gasteiger partial charge in [0, 0.05) is 16.9 Å². The number of carbonyl (C=O) groups excluding carboxylic acids is 1. The van der Waals surface area contributed by atoms with E-state index in [9.17, 15) is 13.6 Å². The molecule has 33 heavy (non-hydrogen) atoms. The van der Waals surface area contributed by atoms with Crippen LogP contribution >= 0.6 is 11.6 Å². The minimum Gasteiger partial charge on any atom is -0.471 e. The molecule has 5 nitrogen and oxygen atoms in total. The molecule has 8 heteroatoms. The van der Waals surface area contributed by atoms with Gasteiger partial charge < -0.3 is 10.1 Å². The van der Waals surface area contributed by atoms with Crippen LogP contribution in [0.5, 0.6) is 5.88 Å². The Labute approximate surface area is 194 Å². The lowest BCUT2D eigenvalue weighted by molar-refractivity contribution is 0.102. The van der Waals surface area contributed by atoms with Crippen molar-refractivity contribution < 1.29 is 18.3 Å². The summed E-state index contributed by atoms with van der Waals surface area (Å²) in [5.41, 5.74) is 2.73. The van der Waals surface area contributed by atoms with E-state index in [-0.39, 0.29) is 36.2 Å². The smallest absolute Gasteiger partial charge is 0.262 e. The van der Waals surface area contributed by atoms with E-state index in [0.717, 1.165) is 5.56 Å². The highest BCUT2D eigenvalue weighted by atomic mass is 35.5. The number of amides is 1. The van der Waals surface area contributed by atoms with Crippen LogP contribution < -0.4 is 10.1 Å². The minimum absolute atomic E-state index is 0.0191. The molecule has 1 amide bonds. The molecule has 0 bridgehead atoms. The summed E-state index contributed by atoms with van der Waals surface area (Å²) < 4.78 is 34.4. The van der Waals surface area contributed by atoms with Crippen LogP contribution in [0.2, 0.25) is 5.02 Å². The molecular formula is C25H20ClF2N3O2. The van der Waals surface area contributed by atoms with Crippen molar-refractivity contribution in [3.05, 3.63) is 112 Å². The van der Waals surface area contributed by atoms with E-state index in [1.54, 1.807) is 49.4 Å². The summed E-state index contributed by atoms with van der Waals surface area (Å²) in [6.45, 7) is 2.05. The molecule has 0 spiro atoms. The van der Waals surface area contributed by atoms with E-state index < -0.39 is 5.91 Å². The fourth-order valence-electron chi connectivity index (χ4n) is 3.28. The molecule has 0 saturated carbocycles. The Morgan fingerprint density at radius 2 is 1.70 bits per heavy atom. The van der Waals surface area contributed by atoms with Gasteiger partial charge >= 0.3 is 0 Å². The Bertz CT molecular complexity index is 1310. The van der Waals surface area contributed by atoms with Gasteiger partial charge in [-0.1, -0.05) is 41.9 Å². The number of nitrogens with zero attached hydrogens (tertiary/aromatic N) is 2. The number of rotatable bonds is 7. The van der Waals surface area contributed by atoms with Crippen molar-refractivity contribution in [3.8, 4) is 5.88 Å². The SMILES string of the molecule is Cc1c(Cl)cccc1NC(=O)c1cn(Cc2cccc(F)c2)nc1OCc1cccc(F)c1. The van der Waals surface area contributed by atoms with Crippen LogP contribution in [0.1, 0.15) is 27.0 Å². The second-order valence-corrected chi connectivity index (χ2v) is 7.87. The van der Waals surface area contributed by atoms with Gasteiger partial charge in [-0.05, 0) is 60.0 Å². The van der Waals surface area contributed by atoms with Crippen molar-refractivity contribution in [1.29, 1.82) is 0 Å². The fourth-order valence-corrected chi connectivity index (χ4v) is 3.45. The first-order valence-electron chi connectivity index (χ1n) is 10.1. The zero-order valence-electron chi connectivity index (χ0n) is 17.7. The van der Waals surface area contributed by atoms with Crippen LogP contribution in [0.4, 0.5) is 14.5 Å². The molecule has 0 aliphatic rings. The van der Waals surface area contributed by atoms with Crippen LogP contribution in [0.25, 0.3) is 0 Å². The Morgan fingerprint density at radius 3 is 2.42 bits per heavy atom. The number of halogens is 3. The quantitative estimate of drug-likeness (QED) is 0.362. The molecule has 4 aromatic rings. The van der Waals surface area contributed by atoms with Crippen LogP contribution in [0.3, 0.4) is 0 Å². The largest absolute Gasteiger partial charge is 0.471 e. The molecule has 0 unspecified atom stereocenters. The topological polar surface area (TPSA) is 56.2 Å². The number of ether oxygens (including phenoxy) is 1. The van der Waals surface area contributed by atoms with E-state index in [1.807, 2.05) is 0 Å². The summed E-state index contributed by atoms with van der Waals surface area (Å²) in [4.78, 5) is 13.1. The van der Waals surface area contributed by atoms with Gasteiger partial charge in [0.2, 0.25) is 5.88 Å². The normalized spacial score (nSPS) is 10.8. The van der Waals surface area contributed by atoms with Gasteiger partial charge in [0.15, 0.2) is 0 Å². The first-order valence-corrected chi connectivity index (χ1v) is 10.5. The predicted octanol–water partition coefficient (Wildman–Crippen LogP) is 6.00. The van der Waals surface area contributed by atoms with Gasteiger partial charge in [0.25, 0.3) is 5.91 Å². The van der Waals surface area contributed by atoms with Gasteiger partial charge in [-0.3, -0.25) is 9.48 Å². The highest BCUT2D eigenvalue weighted by Gasteiger charge is 2.20. The number of anilines is 1. The average molecular weight is 468 g/mol. The van der Waals surface area contributed by atoms with Gasteiger partial charge in [0.05, 0.1) is 6.54 Å². The molecule has 1 N–H and O–H groups in total. The number of carbonyl (C=O) groups is 1. The summed E-state index contributed by atoms with van der Waals surface area (Å²) in [5, 5.41) is 7.72. The zero-order chi connectivity index (χ0) is 23.4.